The van der Waals surface area contributed by atoms with Crippen molar-refractivity contribution in [2.75, 3.05) is 44.7 Å². The van der Waals surface area contributed by atoms with Crippen molar-refractivity contribution < 1.29 is 0 Å². The van der Waals surface area contributed by atoms with E-state index in [-0.39, 0.29) is 0 Å². The first-order valence-electron chi connectivity index (χ1n) is 9.29. The molecule has 0 saturated carbocycles. The predicted octanol–water partition coefficient (Wildman–Crippen LogP) is 2.57. The molecule has 0 radical (unpaired) electrons. The summed E-state index contributed by atoms with van der Waals surface area (Å²) < 4.78 is 0. The van der Waals surface area contributed by atoms with E-state index >= 15 is 0 Å². The summed E-state index contributed by atoms with van der Waals surface area (Å²) >= 11 is 1.77. The molecule has 140 valence electrons. The molecule has 1 N–H and O–H groups in total. The van der Waals surface area contributed by atoms with Crippen molar-refractivity contribution in [2.24, 2.45) is 4.99 Å². The topological polar surface area (TPSA) is 56.7 Å². The van der Waals surface area contributed by atoms with E-state index in [0.717, 1.165) is 69.5 Å². The number of aromatic nitrogens is 2. The summed E-state index contributed by atoms with van der Waals surface area (Å²) in [5.74, 6) is 2.07. The molecule has 26 heavy (non-hydrogen) atoms. The molecular weight excluding hydrogens is 344 g/mol. The molecule has 3 heterocycles. The SMILES string of the molecule is CN=C(NCCCCc1nc(C)cs1)N1CCN(c2ccccn2)CC1. The number of rotatable bonds is 6. The number of piperazine rings is 1. The highest BCUT2D eigenvalue weighted by Crippen LogP contribution is 2.13. The Morgan fingerprint density at radius 1 is 1.23 bits per heavy atom. The van der Waals surface area contributed by atoms with E-state index in [1.807, 2.05) is 25.4 Å². The Hall–Kier alpha value is -2.15. The highest BCUT2D eigenvalue weighted by molar-refractivity contribution is 7.09. The number of hydrogen-bond donors (Lipinski definition) is 1. The Labute approximate surface area is 160 Å². The van der Waals surface area contributed by atoms with Crippen LogP contribution in [0.3, 0.4) is 0 Å². The van der Waals surface area contributed by atoms with Gasteiger partial charge in [-0.25, -0.2) is 9.97 Å². The largest absolute Gasteiger partial charge is 0.356 e. The first-order valence-corrected chi connectivity index (χ1v) is 10.2. The molecule has 0 aromatic carbocycles. The van der Waals surface area contributed by atoms with Crippen LogP contribution in [-0.4, -0.2) is 60.6 Å². The third-order valence-electron chi connectivity index (χ3n) is 4.53. The smallest absolute Gasteiger partial charge is 0.193 e. The van der Waals surface area contributed by atoms with Gasteiger partial charge in [0.15, 0.2) is 5.96 Å². The van der Waals surface area contributed by atoms with Crippen LogP contribution in [0.15, 0.2) is 34.8 Å². The zero-order valence-corrected chi connectivity index (χ0v) is 16.5. The van der Waals surface area contributed by atoms with Crippen LogP contribution in [0.4, 0.5) is 5.82 Å². The summed E-state index contributed by atoms with van der Waals surface area (Å²) in [5, 5.41) is 6.88. The highest BCUT2D eigenvalue weighted by Gasteiger charge is 2.20. The Balaban J connectivity index is 1.37. The zero-order chi connectivity index (χ0) is 18.2. The fourth-order valence-electron chi connectivity index (χ4n) is 3.14. The molecule has 2 aromatic heterocycles. The van der Waals surface area contributed by atoms with Crippen molar-refractivity contribution in [1.82, 2.24) is 20.2 Å². The van der Waals surface area contributed by atoms with Gasteiger partial charge >= 0.3 is 0 Å². The first kappa shape index (κ1) is 18.6. The molecule has 0 atom stereocenters. The second-order valence-corrected chi connectivity index (χ2v) is 7.42. The van der Waals surface area contributed by atoms with Crippen LogP contribution in [-0.2, 0) is 6.42 Å². The molecule has 0 unspecified atom stereocenters. The van der Waals surface area contributed by atoms with Crippen molar-refractivity contribution in [3.63, 3.8) is 0 Å². The van der Waals surface area contributed by atoms with Gasteiger partial charge in [-0.1, -0.05) is 6.07 Å². The predicted molar refractivity (Wildman–Crippen MR) is 109 cm³/mol. The number of nitrogens with one attached hydrogen (secondary N) is 1. The second kappa shape index (κ2) is 9.52. The minimum Gasteiger partial charge on any atom is -0.356 e. The monoisotopic (exact) mass is 372 g/mol. The number of pyridine rings is 1. The van der Waals surface area contributed by atoms with E-state index in [0.29, 0.717) is 0 Å². The average Bonchev–Trinajstić information content (AvgIpc) is 3.11. The number of guanidine groups is 1. The molecule has 0 aliphatic carbocycles. The lowest BCUT2D eigenvalue weighted by Gasteiger charge is -2.37. The van der Waals surface area contributed by atoms with Gasteiger partial charge in [0.05, 0.1) is 5.01 Å². The maximum Gasteiger partial charge on any atom is 0.193 e. The van der Waals surface area contributed by atoms with Crippen molar-refractivity contribution in [3.05, 3.63) is 40.5 Å². The number of aliphatic imine (C=N–C) groups is 1. The standard InChI is InChI=1S/C19H28N6S/c1-16-15-26-18(23-16)8-4-6-10-22-19(20-2)25-13-11-24(12-14-25)17-7-3-5-9-21-17/h3,5,7,9,15H,4,6,8,10-14H2,1-2H3,(H,20,22). The molecule has 3 rings (SSSR count). The van der Waals surface area contributed by atoms with Gasteiger partial charge in [0.1, 0.15) is 5.82 Å². The van der Waals surface area contributed by atoms with Crippen molar-refractivity contribution >= 4 is 23.1 Å². The van der Waals surface area contributed by atoms with Crippen LogP contribution in [0.1, 0.15) is 23.5 Å². The van der Waals surface area contributed by atoms with E-state index in [9.17, 15) is 0 Å². The third kappa shape index (κ3) is 5.17. The summed E-state index contributed by atoms with van der Waals surface area (Å²) in [4.78, 5) is 18.1. The van der Waals surface area contributed by atoms with Crippen LogP contribution >= 0.6 is 11.3 Å². The lowest BCUT2D eigenvalue weighted by atomic mass is 10.2. The van der Waals surface area contributed by atoms with Gasteiger partial charge in [-0.3, -0.25) is 4.99 Å². The minimum atomic E-state index is 0.956. The van der Waals surface area contributed by atoms with Gasteiger partial charge in [-0.15, -0.1) is 11.3 Å². The van der Waals surface area contributed by atoms with Crippen molar-refractivity contribution in [3.8, 4) is 0 Å². The van der Waals surface area contributed by atoms with Gasteiger partial charge in [-0.05, 0) is 38.3 Å². The normalized spacial score (nSPS) is 15.4. The van der Waals surface area contributed by atoms with E-state index in [1.54, 1.807) is 11.3 Å². The zero-order valence-electron chi connectivity index (χ0n) is 15.7. The second-order valence-electron chi connectivity index (χ2n) is 6.48. The van der Waals surface area contributed by atoms with Crippen LogP contribution in [0.5, 0.6) is 0 Å². The quantitative estimate of drug-likeness (QED) is 0.480. The van der Waals surface area contributed by atoms with Gasteiger partial charge in [0.2, 0.25) is 0 Å². The molecule has 0 spiro atoms. The summed E-state index contributed by atoms with van der Waals surface area (Å²) in [6.45, 7) is 6.89. The molecule has 0 amide bonds. The van der Waals surface area contributed by atoms with Crippen molar-refractivity contribution in [2.45, 2.75) is 26.2 Å². The molecule has 1 saturated heterocycles. The number of hydrogen-bond acceptors (Lipinski definition) is 5. The Kier molecular flexibility index (Phi) is 6.82. The van der Waals surface area contributed by atoms with Crippen LogP contribution in [0, 0.1) is 6.92 Å². The molecule has 1 aliphatic heterocycles. The maximum absolute atomic E-state index is 4.52. The lowest BCUT2D eigenvalue weighted by Crippen LogP contribution is -2.52. The van der Waals surface area contributed by atoms with E-state index in [1.165, 1.54) is 5.01 Å². The van der Waals surface area contributed by atoms with Gasteiger partial charge < -0.3 is 15.1 Å². The van der Waals surface area contributed by atoms with Gasteiger partial charge in [0.25, 0.3) is 0 Å². The average molecular weight is 373 g/mol. The number of thiazole rings is 1. The first-order chi connectivity index (χ1) is 12.8. The summed E-state index contributed by atoms with van der Waals surface area (Å²) in [5.41, 5.74) is 1.13. The molecule has 0 bridgehead atoms. The number of anilines is 1. The summed E-state index contributed by atoms with van der Waals surface area (Å²) in [7, 11) is 1.87. The third-order valence-corrected chi connectivity index (χ3v) is 5.56. The van der Waals surface area contributed by atoms with E-state index < -0.39 is 0 Å². The Morgan fingerprint density at radius 3 is 2.73 bits per heavy atom. The number of unbranched alkanes of at least 4 members (excludes halogenated alkanes) is 1. The lowest BCUT2D eigenvalue weighted by molar-refractivity contribution is 0.371. The maximum atomic E-state index is 4.52. The molecule has 6 nitrogen and oxygen atoms in total. The van der Waals surface area contributed by atoms with Crippen LogP contribution in [0.25, 0.3) is 0 Å². The molecular formula is C19H28N6S. The Morgan fingerprint density at radius 2 is 2.08 bits per heavy atom. The molecule has 1 aliphatic rings. The molecule has 7 heteroatoms. The van der Waals surface area contributed by atoms with Crippen LogP contribution < -0.4 is 10.2 Å². The fourth-order valence-corrected chi connectivity index (χ4v) is 3.96. The van der Waals surface area contributed by atoms with E-state index in [4.69, 9.17) is 0 Å². The molecule has 1 fully saturated rings. The van der Waals surface area contributed by atoms with Gasteiger partial charge in [0, 0.05) is 57.0 Å². The minimum absolute atomic E-state index is 0.956. The number of aryl methyl sites for hydroxylation is 2. The summed E-state index contributed by atoms with van der Waals surface area (Å²) in [6, 6.07) is 6.08. The highest BCUT2D eigenvalue weighted by atomic mass is 32.1. The number of nitrogens with zero attached hydrogens (tertiary/aromatic N) is 5. The van der Waals surface area contributed by atoms with Gasteiger partial charge in [-0.2, -0.15) is 0 Å². The van der Waals surface area contributed by atoms with Crippen molar-refractivity contribution in [1.29, 1.82) is 0 Å². The molecule has 2 aromatic rings. The Bertz CT molecular complexity index is 691. The summed E-state index contributed by atoms with van der Waals surface area (Å²) in [6.07, 6.45) is 5.21. The van der Waals surface area contributed by atoms with E-state index in [2.05, 4.69) is 48.4 Å². The fraction of sp³-hybridized carbons (Fsp3) is 0.526. The van der Waals surface area contributed by atoms with Crippen LogP contribution in [0.2, 0.25) is 0 Å².